The molecule has 6 heteroatoms. The van der Waals surface area contributed by atoms with Gasteiger partial charge in [0.15, 0.2) is 17.1 Å². The first kappa shape index (κ1) is 23.3. The Labute approximate surface area is 209 Å². The average Bonchev–Trinajstić information content (AvgIpc) is 2.95. The van der Waals surface area contributed by atoms with Crippen molar-refractivity contribution in [3.8, 4) is 23.0 Å². The number of benzene rings is 4. The van der Waals surface area contributed by atoms with Gasteiger partial charge in [0, 0.05) is 27.5 Å². The van der Waals surface area contributed by atoms with Crippen LogP contribution in [0.5, 0.6) is 23.0 Å². The maximum absolute atomic E-state index is 12.9. The first-order chi connectivity index (χ1) is 17.6. The van der Waals surface area contributed by atoms with Gasteiger partial charge in [-0.3, -0.25) is 0 Å². The molecule has 0 radical (unpaired) electrons. The number of methoxy groups -OCH3 is 4. The Morgan fingerprint density at radius 2 is 1.50 bits per heavy atom. The number of esters is 1. The van der Waals surface area contributed by atoms with E-state index in [4.69, 9.17) is 23.7 Å². The number of hydrogen-bond acceptors (Lipinski definition) is 6. The highest BCUT2D eigenvalue weighted by molar-refractivity contribution is 6.06. The third-order valence-corrected chi connectivity index (χ3v) is 6.53. The summed E-state index contributed by atoms with van der Waals surface area (Å²) in [5, 5.41) is 1.47. The molecule has 0 fully saturated rings. The fourth-order valence-electron chi connectivity index (χ4n) is 4.73. The Kier molecular flexibility index (Phi) is 6.02. The number of rotatable bonds is 6. The smallest absolute Gasteiger partial charge is 0.338 e. The molecule has 0 aromatic heterocycles. The summed E-state index contributed by atoms with van der Waals surface area (Å²) in [7, 11) is 6.14. The molecule has 0 saturated heterocycles. The molecule has 0 spiro atoms. The van der Waals surface area contributed by atoms with Crippen LogP contribution in [-0.4, -0.2) is 34.4 Å². The minimum Gasteiger partial charge on any atom is -0.497 e. The lowest BCUT2D eigenvalue weighted by Crippen LogP contribution is -2.34. The third kappa shape index (κ3) is 3.62. The highest BCUT2D eigenvalue weighted by Gasteiger charge is 2.39. The van der Waals surface area contributed by atoms with Crippen LogP contribution in [0.3, 0.4) is 0 Å². The zero-order chi connectivity index (χ0) is 25.3. The van der Waals surface area contributed by atoms with E-state index in [2.05, 4.69) is 0 Å². The molecular formula is C30H26O6. The molecule has 1 atom stereocenters. The van der Waals surface area contributed by atoms with Crippen LogP contribution in [-0.2, 0) is 10.3 Å². The van der Waals surface area contributed by atoms with E-state index in [1.54, 1.807) is 27.4 Å². The van der Waals surface area contributed by atoms with Crippen molar-refractivity contribution in [2.24, 2.45) is 0 Å². The standard InChI is InChI=1S/C30H26O6/c1-32-21-12-10-20(11-13-21)30(19-8-6-5-7-9-19)17-16-23-25(29(31)35-4)18-24-22(27(23)36-30)14-15-26(33-2)28(24)34-3/h5-18H,1-4H3. The Hall–Kier alpha value is -4.45. The van der Waals surface area contributed by atoms with E-state index in [0.29, 0.717) is 33.8 Å². The molecule has 5 rings (SSSR count). The summed E-state index contributed by atoms with van der Waals surface area (Å²) in [6, 6.07) is 23.3. The van der Waals surface area contributed by atoms with Crippen LogP contribution in [0.15, 0.2) is 78.9 Å². The first-order valence-electron chi connectivity index (χ1n) is 11.4. The Balaban J connectivity index is 1.82. The first-order valence-corrected chi connectivity index (χ1v) is 11.4. The van der Waals surface area contributed by atoms with Crippen molar-refractivity contribution in [2.45, 2.75) is 5.60 Å². The molecule has 4 aromatic rings. The molecule has 1 aliphatic heterocycles. The van der Waals surface area contributed by atoms with Gasteiger partial charge in [-0.1, -0.05) is 42.5 Å². The number of ether oxygens (including phenoxy) is 5. The second-order valence-electron chi connectivity index (χ2n) is 8.32. The van der Waals surface area contributed by atoms with Crippen molar-refractivity contribution < 1.29 is 28.5 Å². The maximum atomic E-state index is 12.9. The van der Waals surface area contributed by atoms with Gasteiger partial charge in [0.05, 0.1) is 34.0 Å². The summed E-state index contributed by atoms with van der Waals surface area (Å²) >= 11 is 0. The van der Waals surface area contributed by atoms with Gasteiger partial charge in [0.1, 0.15) is 11.5 Å². The summed E-state index contributed by atoms with van der Waals surface area (Å²) in [6.07, 6.45) is 3.91. The van der Waals surface area contributed by atoms with Gasteiger partial charge in [-0.05, 0) is 42.5 Å². The van der Waals surface area contributed by atoms with E-state index in [-0.39, 0.29) is 0 Å². The molecule has 0 amide bonds. The van der Waals surface area contributed by atoms with E-state index in [1.165, 1.54) is 7.11 Å². The summed E-state index contributed by atoms with van der Waals surface area (Å²) in [6.45, 7) is 0. The van der Waals surface area contributed by atoms with Gasteiger partial charge in [-0.15, -0.1) is 0 Å². The quantitative estimate of drug-likeness (QED) is 0.314. The van der Waals surface area contributed by atoms with Gasteiger partial charge in [-0.2, -0.15) is 0 Å². The number of fused-ring (bicyclic) bond motifs is 3. The van der Waals surface area contributed by atoms with Gasteiger partial charge >= 0.3 is 5.97 Å². The zero-order valence-electron chi connectivity index (χ0n) is 20.5. The minimum absolute atomic E-state index is 0.374. The predicted octanol–water partition coefficient (Wildman–Crippen LogP) is 6.00. The number of carbonyl (C=O) groups excluding carboxylic acids is 1. The van der Waals surface area contributed by atoms with Crippen molar-refractivity contribution >= 4 is 22.8 Å². The van der Waals surface area contributed by atoms with Crippen molar-refractivity contribution in [1.82, 2.24) is 0 Å². The molecule has 0 aliphatic carbocycles. The lowest BCUT2D eigenvalue weighted by molar-refractivity contribution is 0.0599. The van der Waals surface area contributed by atoms with Crippen LogP contribution in [0.4, 0.5) is 0 Å². The maximum Gasteiger partial charge on any atom is 0.338 e. The molecule has 1 aliphatic rings. The van der Waals surface area contributed by atoms with E-state index in [9.17, 15) is 4.79 Å². The molecule has 1 heterocycles. The van der Waals surface area contributed by atoms with Crippen LogP contribution in [0, 0.1) is 0 Å². The monoisotopic (exact) mass is 482 g/mol. The van der Waals surface area contributed by atoms with Crippen molar-refractivity contribution in [2.75, 3.05) is 28.4 Å². The SMILES string of the molecule is COC(=O)c1cc2c(OC)c(OC)ccc2c2c1C=CC(c1ccccc1)(c1ccc(OC)cc1)O2. The van der Waals surface area contributed by atoms with Crippen LogP contribution >= 0.6 is 0 Å². The van der Waals surface area contributed by atoms with E-state index in [1.807, 2.05) is 78.9 Å². The molecule has 6 nitrogen and oxygen atoms in total. The Bertz CT molecular complexity index is 1460. The van der Waals surface area contributed by atoms with E-state index >= 15 is 0 Å². The molecule has 4 aromatic carbocycles. The summed E-state index contributed by atoms with van der Waals surface area (Å²) in [5.74, 6) is 1.89. The predicted molar refractivity (Wildman–Crippen MR) is 138 cm³/mol. The van der Waals surface area contributed by atoms with Crippen LogP contribution in [0.1, 0.15) is 27.0 Å². The van der Waals surface area contributed by atoms with Crippen molar-refractivity contribution in [3.63, 3.8) is 0 Å². The fraction of sp³-hybridized carbons (Fsp3) is 0.167. The number of hydrogen-bond donors (Lipinski definition) is 0. The van der Waals surface area contributed by atoms with Crippen LogP contribution in [0.2, 0.25) is 0 Å². The summed E-state index contributed by atoms with van der Waals surface area (Å²) in [4.78, 5) is 12.9. The molecule has 182 valence electrons. The van der Waals surface area contributed by atoms with Crippen LogP contribution < -0.4 is 18.9 Å². The fourth-order valence-corrected chi connectivity index (χ4v) is 4.73. The molecule has 36 heavy (non-hydrogen) atoms. The average molecular weight is 483 g/mol. The Morgan fingerprint density at radius 1 is 0.778 bits per heavy atom. The van der Waals surface area contributed by atoms with E-state index in [0.717, 1.165) is 22.3 Å². The lowest BCUT2D eigenvalue weighted by Gasteiger charge is -2.37. The molecule has 0 N–H and O–H groups in total. The topological polar surface area (TPSA) is 63.2 Å². The van der Waals surface area contributed by atoms with Crippen molar-refractivity contribution in [1.29, 1.82) is 0 Å². The largest absolute Gasteiger partial charge is 0.497 e. The van der Waals surface area contributed by atoms with E-state index < -0.39 is 11.6 Å². The highest BCUT2D eigenvalue weighted by atomic mass is 16.5. The van der Waals surface area contributed by atoms with Gasteiger partial charge in [0.25, 0.3) is 0 Å². The van der Waals surface area contributed by atoms with Crippen LogP contribution in [0.25, 0.3) is 16.8 Å². The van der Waals surface area contributed by atoms with Crippen molar-refractivity contribution in [3.05, 3.63) is 101 Å². The summed E-state index contributed by atoms with van der Waals surface area (Å²) in [5.41, 5.74) is 1.92. The second-order valence-corrected chi connectivity index (χ2v) is 8.32. The van der Waals surface area contributed by atoms with Gasteiger partial charge in [0.2, 0.25) is 0 Å². The highest BCUT2D eigenvalue weighted by Crippen LogP contribution is 2.49. The lowest BCUT2D eigenvalue weighted by atomic mass is 9.82. The molecule has 0 saturated carbocycles. The van der Waals surface area contributed by atoms with Gasteiger partial charge < -0.3 is 23.7 Å². The normalized spacial score (nSPS) is 16.1. The Morgan fingerprint density at radius 3 is 2.14 bits per heavy atom. The zero-order valence-corrected chi connectivity index (χ0v) is 20.5. The second kappa shape index (κ2) is 9.30. The molecular weight excluding hydrogens is 456 g/mol. The minimum atomic E-state index is -0.949. The third-order valence-electron chi connectivity index (χ3n) is 6.53. The summed E-state index contributed by atoms with van der Waals surface area (Å²) < 4.78 is 28.6. The van der Waals surface area contributed by atoms with Gasteiger partial charge in [-0.25, -0.2) is 4.79 Å². The molecule has 1 unspecified atom stereocenters. The number of carbonyl (C=O) groups is 1. The molecule has 0 bridgehead atoms.